The molecule has 3 heterocycles. The first-order chi connectivity index (χ1) is 14.3. The fourth-order valence-electron chi connectivity index (χ4n) is 4.62. The molecule has 0 bridgehead atoms. The number of rotatable bonds is 4. The van der Waals surface area contributed by atoms with Crippen LogP contribution < -0.4 is 11.1 Å². The Morgan fingerprint density at radius 1 is 1.07 bits per heavy atom. The molecule has 0 unspecified atom stereocenters. The van der Waals surface area contributed by atoms with E-state index in [9.17, 15) is 0 Å². The van der Waals surface area contributed by atoms with Crippen LogP contribution in [-0.4, -0.2) is 53.3 Å². The van der Waals surface area contributed by atoms with Crippen molar-refractivity contribution in [3.8, 4) is 11.1 Å². The van der Waals surface area contributed by atoms with E-state index in [2.05, 4.69) is 44.5 Å². The second-order valence-electron chi connectivity index (χ2n) is 7.95. The smallest absolute Gasteiger partial charge is 0.137 e. The quantitative estimate of drug-likeness (QED) is 0.678. The Kier molecular flexibility index (Phi) is 5.35. The zero-order valence-corrected chi connectivity index (χ0v) is 17.3. The number of hydrogen-bond donors (Lipinski definition) is 2. The summed E-state index contributed by atoms with van der Waals surface area (Å²) in [5.74, 6) is 0.931. The zero-order chi connectivity index (χ0) is 19.6. The van der Waals surface area contributed by atoms with Crippen molar-refractivity contribution >= 4 is 33.1 Å². The number of nitrogens with one attached hydrogen (secondary N) is 1. The van der Waals surface area contributed by atoms with Gasteiger partial charge in [-0.1, -0.05) is 6.07 Å². The lowest BCUT2D eigenvalue weighted by Crippen LogP contribution is -2.46. The van der Waals surface area contributed by atoms with Gasteiger partial charge in [0, 0.05) is 36.1 Å². The first-order valence-electron chi connectivity index (χ1n) is 10.4. The molecule has 1 aromatic carbocycles. The minimum atomic E-state index is 0.459. The van der Waals surface area contributed by atoms with E-state index in [4.69, 9.17) is 10.5 Å². The van der Waals surface area contributed by atoms with Gasteiger partial charge in [-0.25, -0.2) is 9.97 Å². The Labute approximate surface area is 175 Å². The second kappa shape index (κ2) is 8.26. The highest BCUT2D eigenvalue weighted by Gasteiger charge is 2.27. The van der Waals surface area contributed by atoms with Gasteiger partial charge in [0.25, 0.3) is 0 Å². The fourth-order valence-corrected chi connectivity index (χ4v) is 5.28. The molecule has 0 radical (unpaired) electrons. The van der Waals surface area contributed by atoms with E-state index in [0.29, 0.717) is 12.1 Å². The van der Waals surface area contributed by atoms with Crippen LogP contribution in [0.25, 0.3) is 22.0 Å². The van der Waals surface area contributed by atoms with Crippen LogP contribution in [0.4, 0.5) is 10.8 Å². The number of benzene rings is 1. The van der Waals surface area contributed by atoms with Crippen molar-refractivity contribution in [3.05, 3.63) is 36.0 Å². The Balaban J connectivity index is 1.32. The van der Waals surface area contributed by atoms with E-state index in [0.717, 1.165) is 59.2 Å². The molecule has 0 spiro atoms. The van der Waals surface area contributed by atoms with Gasteiger partial charge in [-0.3, -0.25) is 4.90 Å². The molecule has 0 amide bonds. The van der Waals surface area contributed by atoms with E-state index < -0.39 is 0 Å². The molecule has 3 N–H and O–H groups in total. The monoisotopic (exact) mass is 409 g/mol. The van der Waals surface area contributed by atoms with Crippen LogP contribution in [0.3, 0.4) is 0 Å². The van der Waals surface area contributed by atoms with Gasteiger partial charge in [-0.15, -0.1) is 11.3 Å². The molecule has 1 aliphatic heterocycles. The average Bonchev–Trinajstić information content (AvgIpc) is 3.21. The van der Waals surface area contributed by atoms with E-state index in [1.165, 1.54) is 25.7 Å². The lowest BCUT2D eigenvalue weighted by Gasteiger charge is -2.39. The zero-order valence-electron chi connectivity index (χ0n) is 16.5. The molecule has 5 rings (SSSR count). The summed E-state index contributed by atoms with van der Waals surface area (Å²) in [7, 11) is 0. The Morgan fingerprint density at radius 2 is 1.90 bits per heavy atom. The topological polar surface area (TPSA) is 76.3 Å². The number of anilines is 2. The van der Waals surface area contributed by atoms with Gasteiger partial charge in [-0.2, -0.15) is 0 Å². The Bertz CT molecular complexity index is 976. The van der Waals surface area contributed by atoms with Gasteiger partial charge < -0.3 is 15.8 Å². The third-order valence-electron chi connectivity index (χ3n) is 6.24. The maximum Gasteiger partial charge on any atom is 0.137 e. The molecular weight excluding hydrogens is 382 g/mol. The third-order valence-corrected chi connectivity index (χ3v) is 6.99. The Hall–Kier alpha value is -2.22. The Morgan fingerprint density at radius 3 is 2.66 bits per heavy atom. The second-order valence-corrected chi connectivity index (χ2v) is 8.90. The minimum absolute atomic E-state index is 0.459. The molecular formula is C22H27N5OS. The summed E-state index contributed by atoms with van der Waals surface area (Å²) in [5, 5.41) is 7.65. The normalized spacial score (nSPS) is 23.3. The molecule has 1 saturated carbocycles. The number of nitrogens with zero attached hydrogens (tertiary/aromatic N) is 3. The molecule has 2 aromatic heterocycles. The third kappa shape index (κ3) is 3.95. The molecule has 3 aromatic rings. The summed E-state index contributed by atoms with van der Waals surface area (Å²) in [6, 6.07) is 9.54. The van der Waals surface area contributed by atoms with E-state index in [1.54, 1.807) is 17.7 Å². The lowest BCUT2D eigenvalue weighted by molar-refractivity contribution is 0.00791. The molecule has 1 saturated heterocycles. The van der Waals surface area contributed by atoms with Crippen LogP contribution in [0.2, 0.25) is 0 Å². The van der Waals surface area contributed by atoms with E-state index >= 15 is 0 Å². The number of thiophene rings is 1. The molecule has 152 valence electrons. The summed E-state index contributed by atoms with van der Waals surface area (Å²) < 4.78 is 5.50. The van der Waals surface area contributed by atoms with Crippen molar-refractivity contribution in [2.45, 2.75) is 37.8 Å². The molecule has 1 aliphatic carbocycles. The molecule has 2 fully saturated rings. The largest absolute Gasteiger partial charge is 0.390 e. The molecule has 6 nitrogen and oxygen atoms in total. The summed E-state index contributed by atoms with van der Waals surface area (Å²) in [5.41, 5.74) is 9.30. The molecule has 0 atom stereocenters. The SMILES string of the molecule is Nc1sccc1-c1ccc2ncnc(NC3CCC(N4CCOCC4)CC3)c2c1. The van der Waals surface area contributed by atoms with Gasteiger partial charge >= 0.3 is 0 Å². The van der Waals surface area contributed by atoms with E-state index in [1.807, 2.05) is 5.38 Å². The highest BCUT2D eigenvalue weighted by molar-refractivity contribution is 7.14. The average molecular weight is 410 g/mol. The number of ether oxygens (including phenoxy) is 1. The number of morpholine rings is 1. The summed E-state index contributed by atoms with van der Waals surface area (Å²) in [6.45, 7) is 3.91. The number of nitrogens with two attached hydrogens (primary N) is 1. The maximum absolute atomic E-state index is 6.14. The fraction of sp³-hybridized carbons (Fsp3) is 0.455. The predicted octanol–water partition coefficient (Wildman–Crippen LogP) is 4.00. The van der Waals surface area contributed by atoms with Crippen molar-refractivity contribution in [1.29, 1.82) is 0 Å². The maximum atomic E-state index is 6.14. The van der Waals surface area contributed by atoms with Crippen LogP contribution in [-0.2, 0) is 4.74 Å². The first kappa shape index (κ1) is 18.8. The van der Waals surface area contributed by atoms with Crippen molar-refractivity contribution in [1.82, 2.24) is 14.9 Å². The van der Waals surface area contributed by atoms with Crippen molar-refractivity contribution in [3.63, 3.8) is 0 Å². The van der Waals surface area contributed by atoms with Gasteiger partial charge in [0.1, 0.15) is 12.1 Å². The highest BCUT2D eigenvalue weighted by atomic mass is 32.1. The number of nitrogen functional groups attached to an aromatic ring is 1. The summed E-state index contributed by atoms with van der Waals surface area (Å²) >= 11 is 1.57. The van der Waals surface area contributed by atoms with Gasteiger partial charge in [-0.05, 0) is 54.8 Å². The van der Waals surface area contributed by atoms with Crippen LogP contribution in [0.5, 0.6) is 0 Å². The van der Waals surface area contributed by atoms with Crippen molar-refractivity contribution in [2.24, 2.45) is 0 Å². The number of fused-ring (bicyclic) bond motifs is 1. The number of hydrogen-bond acceptors (Lipinski definition) is 7. The van der Waals surface area contributed by atoms with Crippen LogP contribution >= 0.6 is 11.3 Å². The summed E-state index contributed by atoms with van der Waals surface area (Å²) in [6.07, 6.45) is 6.47. The van der Waals surface area contributed by atoms with Gasteiger partial charge in [0.15, 0.2) is 0 Å². The molecule has 29 heavy (non-hydrogen) atoms. The van der Waals surface area contributed by atoms with Crippen LogP contribution in [0.1, 0.15) is 25.7 Å². The van der Waals surface area contributed by atoms with Crippen molar-refractivity contribution < 1.29 is 4.74 Å². The summed E-state index contributed by atoms with van der Waals surface area (Å²) in [4.78, 5) is 11.6. The predicted molar refractivity (Wildman–Crippen MR) is 119 cm³/mol. The van der Waals surface area contributed by atoms with Crippen LogP contribution in [0.15, 0.2) is 36.0 Å². The van der Waals surface area contributed by atoms with E-state index in [-0.39, 0.29) is 0 Å². The number of aromatic nitrogens is 2. The standard InChI is InChI=1S/C22H27N5OS/c23-21-18(7-12-29-21)15-1-6-20-19(13-15)22(25-14-24-20)26-16-2-4-17(5-3-16)27-8-10-28-11-9-27/h1,6-7,12-14,16-17H,2-5,8-11,23H2,(H,24,25,26). The van der Waals surface area contributed by atoms with Gasteiger partial charge in [0.05, 0.1) is 23.7 Å². The molecule has 2 aliphatic rings. The minimum Gasteiger partial charge on any atom is -0.390 e. The molecule has 7 heteroatoms. The van der Waals surface area contributed by atoms with Gasteiger partial charge in [0.2, 0.25) is 0 Å². The van der Waals surface area contributed by atoms with Crippen molar-refractivity contribution in [2.75, 3.05) is 37.4 Å². The van der Waals surface area contributed by atoms with Crippen LogP contribution in [0, 0.1) is 0 Å². The highest BCUT2D eigenvalue weighted by Crippen LogP contribution is 2.34. The lowest BCUT2D eigenvalue weighted by atomic mass is 9.90. The first-order valence-corrected chi connectivity index (χ1v) is 11.3.